The maximum absolute atomic E-state index is 10.4. The van der Waals surface area contributed by atoms with Gasteiger partial charge in [-0.2, -0.15) is 0 Å². The van der Waals surface area contributed by atoms with Crippen LogP contribution in [0, 0.1) is 10.5 Å². The summed E-state index contributed by atoms with van der Waals surface area (Å²) in [6.07, 6.45) is 28.3. The lowest BCUT2D eigenvalue weighted by molar-refractivity contribution is -0.626. The van der Waals surface area contributed by atoms with Crippen LogP contribution in [0.4, 0.5) is 0 Å². The number of halogens is 1. The van der Waals surface area contributed by atoms with Gasteiger partial charge in [0.15, 0.2) is 3.57 Å². The standard InChI is InChI=1S/C35H56I.C7H8O3S/c1-3-5-7-9-11-13-14-15-17-19-24-31-36-34-30-25-29-33(35(34)32-27-22-20-23-28-32)26-21-18-16-12-10-8-6-4-2;1-6-2-4-7(5-3-6)11(8,9)10/h20,22-23,25,27-30H,3-19,21,24,26,31H2,1-2H3;2-5H,1H3,(H,8,9,10)/q+1;/p-1. The Hall–Kier alpha value is -1.70. The summed E-state index contributed by atoms with van der Waals surface area (Å²) in [5.74, 6) is 0. The largest absolute Gasteiger partial charge is 0.744 e. The minimum atomic E-state index is -4.27. The molecule has 0 N–H and O–H groups in total. The molecule has 0 heterocycles. The van der Waals surface area contributed by atoms with Crippen molar-refractivity contribution < 1.29 is 34.2 Å². The van der Waals surface area contributed by atoms with Gasteiger partial charge in [0, 0.05) is 5.56 Å². The van der Waals surface area contributed by atoms with Gasteiger partial charge in [0.2, 0.25) is 0 Å². The van der Waals surface area contributed by atoms with Gasteiger partial charge in [-0.1, -0.05) is 177 Å². The van der Waals surface area contributed by atoms with E-state index in [-0.39, 0.29) is 26.1 Å². The van der Waals surface area contributed by atoms with E-state index >= 15 is 0 Å². The van der Waals surface area contributed by atoms with Crippen molar-refractivity contribution in [2.75, 3.05) is 4.43 Å². The van der Waals surface area contributed by atoms with E-state index in [4.69, 9.17) is 0 Å². The van der Waals surface area contributed by atoms with Crippen LogP contribution < -0.4 is 21.2 Å². The quantitative estimate of drug-likeness (QED) is 0.0395. The first-order valence-corrected chi connectivity index (χ1v) is 22.7. The number of hydrogen-bond donors (Lipinski definition) is 0. The summed E-state index contributed by atoms with van der Waals surface area (Å²) in [6.45, 7) is 6.43. The summed E-state index contributed by atoms with van der Waals surface area (Å²) >= 11 is 0.0921. The van der Waals surface area contributed by atoms with E-state index in [1.807, 2.05) is 6.92 Å². The Morgan fingerprint density at radius 3 is 1.55 bits per heavy atom. The highest BCUT2D eigenvalue weighted by molar-refractivity contribution is 7.85. The monoisotopic (exact) mass is 774 g/mol. The van der Waals surface area contributed by atoms with Crippen LogP contribution in [0.25, 0.3) is 11.1 Å². The Bertz CT molecular complexity index is 1290. The van der Waals surface area contributed by atoms with Crippen molar-refractivity contribution in [2.24, 2.45) is 0 Å². The summed E-state index contributed by atoms with van der Waals surface area (Å²) in [5.41, 5.74) is 5.57. The Morgan fingerprint density at radius 1 is 0.553 bits per heavy atom. The van der Waals surface area contributed by atoms with E-state index in [0.29, 0.717) is 0 Å². The molecule has 3 aromatic carbocycles. The smallest absolute Gasteiger partial charge is 0.313 e. The molecule has 5 heteroatoms. The average Bonchev–Trinajstić information content (AvgIpc) is 3.07. The van der Waals surface area contributed by atoms with Gasteiger partial charge in [-0.15, -0.1) is 0 Å². The van der Waals surface area contributed by atoms with Crippen molar-refractivity contribution in [2.45, 2.75) is 154 Å². The molecule has 0 aliphatic heterocycles. The van der Waals surface area contributed by atoms with E-state index in [1.165, 1.54) is 151 Å². The van der Waals surface area contributed by atoms with Gasteiger partial charge in [-0.25, -0.2) is 8.42 Å². The molecule has 0 unspecified atom stereocenters. The summed E-state index contributed by atoms with van der Waals surface area (Å²) in [5, 5.41) is 0. The van der Waals surface area contributed by atoms with Crippen molar-refractivity contribution in [3.8, 4) is 11.1 Å². The van der Waals surface area contributed by atoms with Crippen molar-refractivity contribution in [1.29, 1.82) is 0 Å². The molecule has 3 aromatic rings. The molecule has 0 fully saturated rings. The topological polar surface area (TPSA) is 57.2 Å². The van der Waals surface area contributed by atoms with Crippen molar-refractivity contribution in [3.05, 3.63) is 87.5 Å². The van der Waals surface area contributed by atoms with E-state index in [9.17, 15) is 13.0 Å². The number of unbranched alkanes of at least 4 members (excludes halogenated alkanes) is 17. The maximum atomic E-state index is 10.4. The highest BCUT2D eigenvalue weighted by Gasteiger charge is 2.20. The van der Waals surface area contributed by atoms with Gasteiger partial charge < -0.3 is 4.55 Å². The third-order valence-corrected chi connectivity index (χ3v) is 12.6. The molecule has 0 radical (unpaired) electrons. The van der Waals surface area contributed by atoms with Gasteiger partial charge in [-0.3, -0.25) is 0 Å². The first-order chi connectivity index (χ1) is 22.9. The summed E-state index contributed by atoms with van der Waals surface area (Å²) in [7, 11) is -4.27. The normalized spacial score (nSPS) is 11.3. The number of alkyl halides is 1. The zero-order chi connectivity index (χ0) is 34.0. The van der Waals surface area contributed by atoms with E-state index in [2.05, 4.69) is 62.4 Å². The number of benzene rings is 3. The molecule has 0 bridgehead atoms. The molecule has 0 aliphatic carbocycles. The van der Waals surface area contributed by atoms with Gasteiger partial charge in [-0.05, 0) is 61.9 Å². The second kappa shape index (κ2) is 26.2. The molecule has 0 spiro atoms. The first kappa shape index (κ1) is 41.5. The Morgan fingerprint density at radius 2 is 1.04 bits per heavy atom. The second-order valence-corrected chi connectivity index (χ2v) is 17.4. The average molecular weight is 775 g/mol. The summed E-state index contributed by atoms with van der Waals surface area (Å²) in [6, 6.07) is 24.3. The molecule has 262 valence electrons. The molecule has 0 aromatic heterocycles. The van der Waals surface area contributed by atoms with Crippen LogP contribution in [-0.2, 0) is 16.5 Å². The Kier molecular flexibility index (Phi) is 23.1. The van der Waals surface area contributed by atoms with Gasteiger partial charge in [0.05, 0.1) is 4.90 Å². The lowest BCUT2D eigenvalue weighted by Crippen LogP contribution is -3.62. The maximum Gasteiger partial charge on any atom is 0.313 e. The van der Waals surface area contributed by atoms with Crippen LogP contribution in [-0.4, -0.2) is 17.4 Å². The molecule has 0 saturated carbocycles. The van der Waals surface area contributed by atoms with E-state index in [1.54, 1.807) is 26.8 Å². The zero-order valence-electron chi connectivity index (χ0n) is 29.8. The summed E-state index contributed by atoms with van der Waals surface area (Å²) in [4.78, 5) is -0.178. The molecule has 47 heavy (non-hydrogen) atoms. The molecule has 3 nitrogen and oxygen atoms in total. The predicted octanol–water partition coefficient (Wildman–Crippen LogP) is 9.51. The van der Waals surface area contributed by atoms with Crippen molar-refractivity contribution in [1.82, 2.24) is 0 Å². The van der Waals surface area contributed by atoms with Crippen LogP contribution >= 0.6 is 0 Å². The molecular weight excluding hydrogens is 711 g/mol. The van der Waals surface area contributed by atoms with Gasteiger partial charge in [0.1, 0.15) is 14.5 Å². The van der Waals surface area contributed by atoms with Crippen LogP contribution in [0.15, 0.2) is 77.7 Å². The van der Waals surface area contributed by atoms with E-state index < -0.39 is 10.1 Å². The predicted molar refractivity (Wildman–Crippen MR) is 197 cm³/mol. The van der Waals surface area contributed by atoms with Crippen molar-refractivity contribution >= 4 is 10.1 Å². The molecule has 0 saturated heterocycles. The Labute approximate surface area is 299 Å². The minimum Gasteiger partial charge on any atom is -0.744 e. The molecule has 0 amide bonds. The van der Waals surface area contributed by atoms with Crippen molar-refractivity contribution in [3.63, 3.8) is 0 Å². The van der Waals surface area contributed by atoms with Crippen LogP contribution in [0.2, 0.25) is 0 Å². The molecule has 0 aliphatic rings. The molecular formula is C42H63IO3S. The minimum absolute atomic E-state index is 0.0921. The third-order valence-electron chi connectivity index (χ3n) is 8.75. The van der Waals surface area contributed by atoms with E-state index in [0.717, 1.165) is 5.56 Å². The number of rotatable bonds is 24. The summed E-state index contributed by atoms with van der Waals surface area (Å²) < 4.78 is 34.3. The zero-order valence-corrected chi connectivity index (χ0v) is 32.8. The fourth-order valence-corrected chi connectivity index (χ4v) is 9.37. The number of hydrogen-bond acceptors (Lipinski definition) is 3. The highest BCUT2D eigenvalue weighted by Crippen LogP contribution is 2.25. The third kappa shape index (κ3) is 19.2. The van der Waals surface area contributed by atoms with Gasteiger partial charge in [0.25, 0.3) is 0 Å². The first-order valence-electron chi connectivity index (χ1n) is 18.7. The van der Waals surface area contributed by atoms with Gasteiger partial charge >= 0.3 is 21.2 Å². The fourth-order valence-electron chi connectivity index (χ4n) is 5.90. The lowest BCUT2D eigenvalue weighted by atomic mass is 9.95. The molecule has 0 atom stereocenters. The Balaban J connectivity index is 0.000000587. The lowest BCUT2D eigenvalue weighted by Gasteiger charge is -2.10. The van der Waals surface area contributed by atoms with Crippen LogP contribution in [0.3, 0.4) is 0 Å². The number of aryl methyl sites for hydroxylation is 2. The second-order valence-electron chi connectivity index (χ2n) is 13.0. The molecule has 3 rings (SSSR count). The van der Waals surface area contributed by atoms with Crippen LogP contribution in [0.1, 0.15) is 147 Å². The highest BCUT2D eigenvalue weighted by atomic mass is 127. The fraction of sp³-hybridized carbons (Fsp3) is 0.571. The van der Waals surface area contributed by atoms with Crippen LogP contribution in [0.5, 0.6) is 0 Å². The SMILES string of the molecule is CCCCCCCCCCCCC[I+]c1cccc(CCCCCCCCCC)c1-c1ccccc1.Cc1ccc(S(=O)(=O)[O-])cc1.